The van der Waals surface area contributed by atoms with Crippen molar-refractivity contribution in [2.75, 3.05) is 13.7 Å². The van der Waals surface area contributed by atoms with Crippen molar-refractivity contribution in [2.45, 2.75) is 76.6 Å². The highest BCUT2D eigenvalue weighted by Crippen LogP contribution is 2.40. The summed E-state index contributed by atoms with van der Waals surface area (Å²) in [4.78, 5) is 18.3. The zero-order valence-electron chi connectivity index (χ0n) is 28.6. The predicted molar refractivity (Wildman–Crippen MR) is 186 cm³/mol. The number of imidazole rings is 1. The highest BCUT2D eigenvalue weighted by Gasteiger charge is 2.46. The minimum atomic E-state index is -5.21. The summed E-state index contributed by atoms with van der Waals surface area (Å²) in [5.74, 6) is -2.03. The van der Waals surface area contributed by atoms with Gasteiger partial charge in [-0.2, -0.15) is 18.4 Å². The van der Waals surface area contributed by atoms with Crippen LogP contribution in [0.1, 0.15) is 48.8 Å². The summed E-state index contributed by atoms with van der Waals surface area (Å²) >= 11 is 0. The molecular formula is C35H40F3N5O4SSi. The highest BCUT2D eigenvalue weighted by molar-refractivity contribution is 7.91. The third-order valence-electron chi connectivity index (χ3n) is 8.95. The molecule has 1 aliphatic carbocycles. The van der Waals surface area contributed by atoms with Crippen LogP contribution in [0.5, 0.6) is 0 Å². The summed E-state index contributed by atoms with van der Waals surface area (Å²) in [6.07, 6.45) is 1.80. The molecular weight excluding hydrogens is 672 g/mol. The number of aryl methyl sites for hydroxylation is 1. The van der Waals surface area contributed by atoms with Crippen molar-refractivity contribution < 1.29 is 31.1 Å². The number of carbonyl (C=O) groups is 1. The number of hydrogen-bond acceptors (Lipinski definition) is 6. The van der Waals surface area contributed by atoms with Gasteiger partial charge in [-0.15, -0.1) is 0 Å². The number of allylic oxidation sites excluding steroid dienone is 3. The third-order valence-corrected chi connectivity index (χ3v) is 12.9. The molecule has 2 heterocycles. The number of hydrogen-bond donors (Lipinski definition) is 0. The van der Waals surface area contributed by atoms with E-state index in [9.17, 15) is 31.6 Å². The summed E-state index contributed by atoms with van der Waals surface area (Å²) in [6, 6.07) is 11.0. The fourth-order valence-corrected chi connectivity index (χ4v) is 8.81. The summed E-state index contributed by atoms with van der Waals surface area (Å²) in [5, 5.41) is 9.98. The number of benzene rings is 2. The number of alkyl halides is 3. The van der Waals surface area contributed by atoms with Crippen molar-refractivity contribution in [1.82, 2.24) is 18.4 Å². The Morgan fingerprint density at radius 3 is 2.53 bits per heavy atom. The number of halogens is 3. The van der Waals surface area contributed by atoms with Crippen molar-refractivity contribution in [3.63, 3.8) is 0 Å². The first-order valence-electron chi connectivity index (χ1n) is 15.8. The molecule has 2 unspecified atom stereocenters. The summed E-state index contributed by atoms with van der Waals surface area (Å²) in [5.41, 5.74) is 3.06. The molecule has 0 bridgehead atoms. The average Bonchev–Trinajstić information content (AvgIpc) is 3.62. The minimum Gasteiger partial charge on any atom is -0.361 e. The van der Waals surface area contributed by atoms with E-state index in [1.54, 1.807) is 67.0 Å². The van der Waals surface area contributed by atoms with E-state index in [0.717, 1.165) is 18.7 Å². The molecule has 14 heteroatoms. The van der Waals surface area contributed by atoms with Crippen LogP contribution in [0, 0.1) is 18.3 Å². The maximum atomic E-state index is 14.3. The number of fused-ring (bicyclic) bond motifs is 2. The fourth-order valence-electron chi connectivity index (χ4n) is 6.26. The van der Waals surface area contributed by atoms with Gasteiger partial charge in [-0.1, -0.05) is 55.6 Å². The lowest BCUT2D eigenvalue weighted by Crippen LogP contribution is -2.42. The Bertz CT molecular complexity index is 2160. The van der Waals surface area contributed by atoms with E-state index in [1.165, 1.54) is 10.2 Å². The van der Waals surface area contributed by atoms with Crippen LogP contribution in [-0.2, 0) is 26.3 Å². The highest BCUT2D eigenvalue weighted by atomic mass is 32.2. The van der Waals surface area contributed by atoms with Gasteiger partial charge in [0.2, 0.25) is 10.0 Å². The molecule has 9 nitrogen and oxygen atoms in total. The Morgan fingerprint density at radius 1 is 1.18 bits per heavy atom. The van der Waals surface area contributed by atoms with Crippen molar-refractivity contribution in [3.8, 4) is 6.07 Å². The van der Waals surface area contributed by atoms with E-state index < -0.39 is 41.0 Å². The van der Waals surface area contributed by atoms with E-state index in [1.807, 2.05) is 13.0 Å². The Labute approximate surface area is 285 Å². The van der Waals surface area contributed by atoms with Crippen LogP contribution in [0.2, 0.25) is 25.7 Å². The molecule has 0 aliphatic heterocycles. The summed E-state index contributed by atoms with van der Waals surface area (Å²) in [7, 11) is -4.51. The monoisotopic (exact) mass is 711 g/mol. The van der Waals surface area contributed by atoms with Gasteiger partial charge >= 0.3 is 12.1 Å². The van der Waals surface area contributed by atoms with Crippen molar-refractivity contribution in [3.05, 3.63) is 88.9 Å². The van der Waals surface area contributed by atoms with Crippen LogP contribution in [0.4, 0.5) is 13.2 Å². The van der Waals surface area contributed by atoms with Gasteiger partial charge in [0.05, 0.1) is 28.2 Å². The molecule has 0 saturated heterocycles. The fraction of sp³-hybridized carbons (Fsp3) is 0.400. The maximum absolute atomic E-state index is 14.3. The second-order valence-corrected chi connectivity index (χ2v) is 21.9. The Morgan fingerprint density at radius 2 is 1.90 bits per heavy atom. The number of nitriles is 1. The number of ether oxygens (including phenoxy) is 1. The third kappa shape index (κ3) is 6.84. The molecule has 1 aliphatic rings. The van der Waals surface area contributed by atoms with Gasteiger partial charge < -0.3 is 14.2 Å². The first-order valence-corrected chi connectivity index (χ1v) is 21.0. The first kappa shape index (κ1) is 36.1. The van der Waals surface area contributed by atoms with Gasteiger partial charge in [0.25, 0.3) is 0 Å². The Hall–Kier alpha value is -4.19. The average molecular weight is 712 g/mol. The lowest BCUT2D eigenvalue weighted by molar-refractivity contribution is -0.185. The summed E-state index contributed by atoms with van der Waals surface area (Å²) in [6.45, 7) is 12.1. The van der Waals surface area contributed by atoms with Crippen LogP contribution in [0.15, 0.2) is 66.4 Å². The van der Waals surface area contributed by atoms with Crippen molar-refractivity contribution in [1.29, 1.82) is 5.26 Å². The van der Waals surface area contributed by atoms with Gasteiger partial charge in [0, 0.05) is 33.3 Å². The molecule has 2 aromatic carbocycles. The smallest absolute Gasteiger partial charge is 0.361 e. The van der Waals surface area contributed by atoms with E-state index in [4.69, 9.17) is 9.72 Å². The van der Waals surface area contributed by atoms with E-state index >= 15 is 0 Å². The normalized spacial score (nSPS) is 17.7. The molecule has 0 spiro atoms. The first-order chi connectivity index (χ1) is 22.8. The molecule has 1 amide bonds. The molecule has 2 aromatic heterocycles. The van der Waals surface area contributed by atoms with Crippen LogP contribution in [-0.4, -0.2) is 65.4 Å². The largest absolute Gasteiger partial charge is 0.471 e. The van der Waals surface area contributed by atoms with Crippen LogP contribution in [0.3, 0.4) is 0 Å². The number of aromatic nitrogens is 3. The van der Waals surface area contributed by atoms with Gasteiger partial charge in [-0.25, -0.2) is 17.4 Å². The second-order valence-electron chi connectivity index (χ2n) is 14.0. The molecule has 0 fully saturated rings. The zero-order valence-corrected chi connectivity index (χ0v) is 30.4. The van der Waals surface area contributed by atoms with Gasteiger partial charge in [0.1, 0.15) is 23.3 Å². The van der Waals surface area contributed by atoms with Gasteiger partial charge in [-0.05, 0) is 68.6 Å². The zero-order chi connectivity index (χ0) is 36.1. The standard InChI is InChI=1S/C35H40F3N5O4SSi/c1-23-9-8-15-34(3,20-23)48(45,46)43-16-14-27-26(12-10-24(2)30(27)43)31(41(4)33(44)35(36,37)38)32-40-28-13-11-25(21-39)19-29(28)42(32)22-47-17-18-49(5,6)7/h8-14,16,19-20,31H,15,17-18,22H2,1-7H3. The van der Waals surface area contributed by atoms with Crippen LogP contribution >= 0.6 is 0 Å². The molecule has 0 saturated carbocycles. The molecule has 0 N–H and O–H groups in total. The Kier molecular flexibility index (Phi) is 9.52. The lowest BCUT2D eigenvalue weighted by atomic mass is 9.98. The van der Waals surface area contributed by atoms with E-state index in [-0.39, 0.29) is 30.1 Å². The summed E-state index contributed by atoms with van der Waals surface area (Å²) < 4.78 is 78.4. The van der Waals surface area contributed by atoms with Gasteiger partial charge in [-0.3, -0.25) is 4.79 Å². The molecule has 0 radical (unpaired) electrons. The molecule has 49 heavy (non-hydrogen) atoms. The number of rotatable bonds is 10. The minimum absolute atomic E-state index is 0.0712. The van der Waals surface area contributed by atoms with Crippen molar-refractivity contribution in [2.24, 2.45) is 0 Å². The second kappa shape index (κ2) is 12.9. The number of carbonyl (C=O) groups excluding carboxylic acids is 1. The quantitative estimate of drug-likeness (QED) is 0.125. The molecule has 2 atom stereocenters. The van der Waals surface area contributed by atoms with Crippen molar-refractivity contribution >= 4 is 45.9 Å². The van der Waals surface area contributed by atoms with Crippen LogP contribution in [0.25, 0.3) is 21.9 Å². The molecule has 5 rings (SSSR count). The van der Waals surface area contributed by atoms with Gasteiger partial charge in [0.15, 0.2) is 0 Å². The lowest BCUT2D eigenvalue weighted by Gasteiger charge is -2.31. The number of amides is 1. The Balaban J connectivity index is 1.76. The predicted octanol–water partition coefficient (Wildman–Crippen LogP) is 7.44. The molecule has 260 valence electrons. The van der Waals surface area contributed by atoms with E-state index in [2.05, 4.69) is 25.7 Å². The maximum Gasteiger partial charge on any atom is 0.471 e. The van der Waals surface area contributed by atoms with E-state index in [0.29, 0.717) is 39.1 Å². The SMILES string of the molecule is CC1=CC(C)(S(=O)(=O)n2ccc3c(C(c4nc5ccc(C#N)cc5n4COCC[Si](C)(C)C)N(C)C(=O)C(F)(F)F)ccc(C)c32)CC=C1. The van der Waals surface area contributed by atoms with Crippen LogP contribution < -0.4 is 0 Å². The topological polar surface area (TPSA) is 110 Å². The number of nitrogens with zero attached hydrogens (tertiary/aromatic N) is 5. The molecule has 4 aromatic rings.